The Morgan fingerprint density at radius 1 is 0.618 bits per heavy atom. The number of unbranched alkanes of at least 4 members (excludes halogenated alkanes) is 2. The first-order valence-corrected chi connectivity index (χ1v) is 28.7. The molecule has 2 unspecified atom stereocenters. The van der Waals surface area contributed by atoms with Crippen molar-refractivity contribution in [1.82, 2.24) is 9.44 Å². The second-order valence-electron chi connectivity index (χ2n) is 17.7. The van der Waals surface area contributed by atoms with Gasteiger partial charge in [-0.05, 0) is 87.8 Å². The van der Waals surface area contributed by atoms with Gasteiger partial charge in [-0.1, -0.05) is 121 Å². The first-order chi connectivity index (χ1) is 32.1. The molecule has 0 saturated heterocycles. The van der Waals surface area contributed by atoms with Crippen LogP contribution in [0.3, 0.4) is 0 Å². The number of para-hydroxylation sites is 2. The third kappa shape index (κ3) is 17.0. The minimum Gasteiger partial charge on any atom is -0.744 e. The summed E-state index contributed by atoms with van der Waals surface area (Å²) in [6, 6.07) is 30.1. The highest BCUT2D eigenvalue weighted by Crippen LogP contribution is 2.43. The lowest BCUT2D eigenvalue weighted by molar-refractivity contribution is -0.403. The van der Waals surface area contributed by atoms with Crippen molar-refractivity contribution in [3.63, 3.8) is 0 Å². The molecule has 1 aliphatic heterocycles. The summed E-state index contributed by atoms with van der Waals surface area (Å²) in [6.07, 6.45) is 11.5. The second-order valence-corrected chi connectivity index (χ2v) is 22.7. The van der Waals surface area contributed by atoms with Crippen LogP contribution in [0.25, 0.3) is 33.4 Å². The van der Waals surface area contributed by atoms with Gasteiger partial charge in [0.1, 0.15) is 21.5 Å². The van der Waals surface area contributed by atoms with Crippen LogP contribution < -0.4 is 25.1 Å². The highest BCUT2D eigenvalue weighted by Gasteiger charge is 2.22. The van der Waals surface area contributed by atoms with Gasteiger partial charge < -0.3 is 14.3 Å². The molecule has 0 aromatic heterocycles. The van der Waals surface area contributed by atoms with Crippen LogP contribution in [-0.4, -0.2) is 55.4 Å². The van der Waals surface area contributed by atoms with Crippen molar-refractivity contribution >= 4 is 58.2 Å². The molecule has 0 saturated carbocycles. The molecular weight excluding hydrogens is 917 g/mol. The third-order valence-electron chi connectivity index (χ3n) is 12.0. The average molecular weight is 989 g/mol. The minimum atomic E-state index is -4.74. The number of hydrogen-bond acceptors (Lipinski definition) is 9. The SMILES string of the molecule is CCCCC(CC)CNS(C)(=O)=O.CCCCC(CC)CNS(C)(=O)=O.Cc1cccc(C)c1Nc1ccc2c(-c3ccccc3S(=O)(=O)[O-])c3ccc(=[NH+]c4c(C)cccc4C)cc-3oc2c1. The fraction of sp³-hybridized carbons (Fsp3) is 0.415. The lowest BCUT2D eigenvalue weighted by Crippen LogP contribution is -2.71. The molecule has 1 heterocycles. The van der Waals surface area contributed by atoms with Gasteiger partial charge in [-0.25, -0.2) is 39.7 Å². The Kier molecular flexibility index (Phi) is 21.0. The predicted octanol–water partition coefficient (Wildman–Crippen LogP) is 9.90. The lowest BCUT2D eigenvalue weighted by atomic mass is 9.93. The van der Waals surface area contributed by atoms with Crippen LogP contribution in [0.5, 0.6) is 0 Å². The van der Waals surface area contributed by atoms with Crippen molar-refractivity contribution in [3.8, 4) is 22.5 Å². The second kappa shape index (κ2) is 25.6. The monoisotopic (exact) mass is 988 g/mol. The molecule has 6 rings (SSSR count). The summed E-state index contributed by atoms with van der Waals surface area (Å²) in [5.41, 5.74) is 9.52. The largest absolute Gasteiger partial charge is 0.744 e. The molecule has 1 aliphatic carbocycles. The summed E-state index contributed by atoms with van der Waals surface area (Å²) in [7, 11) is -10.7. The fourth-order valence-electron chi connectivity index (χ4n) is 7.96. The molecule has 4 N–H and O–H groups in total. The van der Waals surface area contributed by atoms with E-state index in [1.807, 2.05) is 48.5 Å². The molecule has 2 atom stereocenters. The van der Waals surface area contributed by atoms with Crippen LogP contribution >= 0.6 is 0 Å². The van der Waals surface area contributed by atoms with E-state index >= 15 is 0 Å². The molecule has 0 fully saturated rings. The molecule has 68 heavy (non-hydrogen) atoms. The van der Waals surface area contributed by atoms with Crippen molar-refractivity contribution in [2.45, 2.75) is 112 Å². The van der Waals surface area contributed by atoms with E-state index in [0.29, 0.717) is 58.3 Å². The number of anilines is 2. The van der Waals surface area contributed by atoms with E-state index in [9.17, 15) is 29.8 Å². The Labute approximate surface area is 406 Å². The smallest absolute Gasteiger partial charge is 0.209 e. The van der Waals surface area contributed by atoms with Gasteiger partial charge in [0.05, 0.1) is 23.5 Å². The summed E-state index contributed by atoms with van der Waals surface area (Å²) in [5.74, 6) is 1.54. The summed E-state index contributed by atoms with van der Waals surface area (Å²) >= 11 is 0. The van der Waals surface area contributed by atoms with E-state index in [-0.39, 0.29) is 4.90 Å². The molecule has 15 heteroatoms. The van der Waals surface area contributed by atoms with Crippen LogP contribution in [0.4, 0.5) is 17.1 Å². The summed E-state index contributed by atoms with van der Waals surface area (Å²) < 4.78 is 91.9. The Morgan fingerprint density at radius 3 is 1.65 bits per heavy atom. The molecule has 12 nitrogen and oxygen atoms in total. The van der Waals surface area contributed by atoms with Gasteiger partial charge in [-0.15, -0.1) is 0 Å². The van der Waals surface area contributed by atoms with Gasteiger partial charge in [-0.3, -0.25) is 0 Å². The summed E-state index contributed by atoms with van der Waals surface area (Å²) in [5, 5.41) is 5.03. The van der Waals surface area contributed by atoms with Crippen molar-refractivity contribution in [1.29, 1.82) is 0 Å². The topological polar surface area (TPSA) is 189 Å². The first-order valence-electron chi connectivity index (χ1n) is 23.5. The molecule has 0 radical (unpaired) electrons. The molecule has 0 spiro atoms. The predicted molar refractivity (Wildman–Crippen MR) is 277 cm³/mol. The van der Waals surface area contributed by atoms with Gasteiger partial charge in [0.25, 0.3) is 0 Å². The maximum Gasteiger partial charge on any atom is 0.209 e. The van der Waals surface area contributed by atoms with Crippen LogP contribution in [0.2, 0.25) is 0 Å². The maximum atomic E-state index is 12.3. The van der Waals surface area contributed by atoms with Crippen LogP contribution in [0.1, 0.15) is 101 Å². The zero-order valence-electron chi connectivity index (χ0n) is 41.5. The molecule has 4 aromatic carbocycles. The van der Waals surface area contributed by atoms with E-state index in [4.69, 9.17) is 4.42 Å². The van der Waals surface area contributed by atoms with Gasteiger partial charge in [0.2, 0.25) is 31.1 Å². The Bertz CT molecular complexity index is 2900. The lowest BCUT2D eigenvalue weighted by Gasteiger charge is -2.19. The Morgan fingerprint density at radius 2 is 1.15 bits per heavy atom. The molecule has 0 amide bonds. The average Bonchev–Trinajstić information content (AvgIpc) is 3.27. The number of nitrogens with one attached hydrogen (secondary N) is 4. The molecule has 370 valence electrons. The van der Waals surface area contributed by atoms with Crippen molar-refractivity contribution < 1.29 is 39.2 Å². The van der Waals surface area contributed by atoms with Gasteiger partial charge >= 0.3 is 0 Å². The van der Waals surface area contributed by atoms with Gasteiger partial charge in [-0.2, -0.15) is 0 Å². The molecular formula is C53H72N4O8S3. The number of hydrogen-bond donors (Lipinski definition) is 4. The first kappa shape index (κ1) is 55.7. The van der Waals surface area contributed by atoms with Crippen molar-refractivity contribution in [2.24, 2.45) is 11.8 Å². The standard InChI is InChI=1S/C35H30N2O4S.2C9H21NO2S/c1-21-9-7-10-22(2)34(21)36-25-15-17-27-30(19-25)41-31-20-26(37-35-23(3)11-8-12-24(35)4)16-18-28(31)33(27)29-13-5-6-14-32(29)42(38,39)40;2*1-4-6-7-9(5-2)8-10-13(3,11)12/h5-20,36H,1-4H3,(H,38,39,40);2*9-10H,4-8H2,1-3H3. The van der Waals surface area contributed by atoms with Crippen LogP contribution in [-0.2, 0) is 30.2 Å². The normalized spacial score (nSPS) is 13.1. The van der Waals surface area contributed by atoms with E-state index in [1.165, 1.54) is 44.3 Å². The number of sulfonamides is 2. The summed E-state index contributed by atoms with van der Waals surface area (Å²) in [4.78, 5) is 3.24. The molecule has 0 bridgehead atoms. The Balaban J connectivity index is 0.000000319. The van der Waals surface area contributed by atoms with Crippen LogP contribution in [0.15, 0.2) is 106 Å². The van der Waals surface area contributed by atoms with Crippen molar-refractivity contribution in [3.05, 3.63) is 125 Å². The Hall–Kier alpha value is -4.90. The fourth-order valence-corrected chi connectivity index (χ4v) is 9.73. The number of aryl methyl sites for hydroxylation is 4. The zero-order chi connectivity index (χ0) is 50.2. The number of fused-ring (bicyclic) bond motifs is 2. The van der Waals surface area contributed by atoms with E-state index in [0.717, 1.165) is 70.4 Å². The summed E-state index contributed by atoms with van der Waals surface area (Å²) in [6.45, 7) is 17.9. The van der Waals surface area contributed by atoms with Gasteiger partial charge in [0, 0.05) is 69.8 Å². The third-order valence-corrected chi connectivity index (χ3v) is 14.3. The van der Waals surface area contributed by atoms with Crippen LogP contribution in [0, 0.1) is 39.5 Å². The maximum absolute atomic E-state index is 12.3. The quantitative estimate of drug-likeness (QED) is 0.0452. The highest BCUT2D eigenvalue weighted by molar-refractivity contribution is 7.89. The van der Waals surface area contributed by atoms with E-state index in [1.54, 1.807) is 18.2 Å². The zero-order valence-corrected chi connectivity index (χ0v) is 43.9. The van der Waals surface area contributed by atoms with E-state index < -0.39 is 30.2 Å². The molecule has 2 aliphatic rings. The van der Waals surface area contributed by atoms with E-state index in [2.05, 4.69) is 99.4 Å². The number of benzene rings is 5. The molecule has 4 aromatic rings. The van der Waals surface area contributed by atoms with Gasteiger partial charge in [0.15, 0.2) is 0 Å². The minimum absolute atomic E-state index is 0.269. The van der Waals surface area contributed by atoms with Crippen molar-refractivity contribution in [2.75, 3.05) is 30.9 Å². The number of rotatable bonds is 19. The highest BCUT2D eigenvalue weighted by atomic mass is 32.2.